The number of nitrogens with zero attached hydrogens (tertiary/aromatic N) is 2. The van der Waals surface area contributed by atoms with E-state index < -0.39 is 0 Å². The van der Waals surface area contributed by atoms with Crippen LogP contribution < -0.4 is 0 Å². The molecule has 3 aromatic rings. The van der Waals surface area contributed by atoms with Gasteiger partial charge in [0.1, 0.15) is 0 Å². The molecular weight excluding hydrogens is 324 g/mol. The molecule has 0 atom stereocenters. The molecule has 0 aliphatic carbocycles. The summed E-state index contributed by atoms with van der Waals surface area (Å²) in [5.41, 5.74) is 4.38. The molecule has 21 heavy (non-hydrogen) atoms. The highest BCUT2D eigenvalue weighted by Gasteiger charge is 2.02. The van der Waals surface area contributed by atoms with E-state index in [4.69, 9.17) is 0 Å². The minimum atomic E-state index is 0.933. The Labute approximate surface area is 132 Å². The fourth-order valence-electron chi connectivity index (χ4n) is 2.24. The number of aliphatic imine (C=N–C) groups is 1. The third-order valence-electron chi connectivity index (χ3n) is 3.27. The normalized spacial score (nSPS) is 11.1. The van der Waals surface area contributed by atoms with Crippen molar-refractivity contribution in [1.82, 2.24) is 4.57 Å². The molecule has 0 N–H and O–H groups in total. The number of hydrogen-bond acceptors (Lipinski definition) is 1. The molecule has 0 bridgehead atoms. The summed E-state index contributed by atoms with van der Waals surface area (Å²) in [6.07, 6.45) is 4.00. The topological polar surface area (TPSA) is 17.3 Å². The highest BCUT2D eigenvalue weighted by Crippen LogP contribution is 2.24. The number of hydrogen-bond donors (Lipinski definition) is 0. The van der Waals surface area contributed by atoms with Crippen LogP contribution in [0.25, 0.3) is 5.69 Å². The first-order chi connectivity index (χ1) is 10.2. The van der Waals surface area contributed by atoms with E-state index in [9.17, 15) is 0 Å². The van der Waals surface area contributed by atoms with Gasteiger partial charge in [-0.3, -0.25) is 4.99 Å². The van der Waals surface area contributed by atoms with Gasteiger partial charge >= 0.3 is 0 Å². The van der Waals surface area contributed by atoms with Gasteiger partial charge in [0.25, 0.3) is 0 Å². The Kier molecular flexibility index (Phi) is 4.02. The van der Waals surface area contributed by atoms with Crippen LogP contribution in [0.2, 0.25) is 0 Å². The van der Waals surface area contributed by atoms with Crippen LogP contribution in [0.5, 0.6) is 0 Å². The van der Waals surface area contributed by atoms with Gasteiger partial charge < -0.3 is 4.57 Å². The zero-order valence-electron chi connectivity index (χ0n) is 11.7. The molecule has 0 spiro atoms. The van der Waals surface area contributed by atoms with E-state index in [2.05, 4.69) is 56.8 Å². The Morgan fingerprint density at radius 3 is 2.48 bits per heavy atom. The molecule has 2 nitrogen and oxygen atoms in total. The van der Waals surface area contributed by atoms with Crippen LogP contribution in [-0.4, -0.2) is 10.8 Å². The van der Waals surface area contributed by atoms with Crippen molar-refractivity contribution in [2.75, 3.05) is 0 Å². The average molecular weight is 339 g/mol. The predicted molar refractivity (Wildman–Crippen MR) is 91.9 cm³/mol. The van der Waals surface area contributed by atoms with E-state index in [1.54, 1.807) is 0 Å². The van der Waals surface area contributed by atoms with Crippen molar-refractivity contribution >= 4 is 27.8 Å². The van der Waals surface area contributed by atoms with Gasteiger partial charge in [0.15, 0.2) is 0 Å². The lowest BCUT2D eigenvalue weighted by atomic mass is 10.3. The van der Waals surface area contributed by atoms with E-state index in [1.165, 1.54) is 5.69 Å². The van der Waals surface area contributed by atoms with Gasteiger partial charge in [-0.15, -0.1) is 0 Å². The molecule has 1 aromatic heterocycles. The third kappa shape index (κ3) is 3.14. The lowest BCUT2D eigenvalue weighted by Gasteiger charge is -2.04. The molecule has 3 heteroatoms. The van der Waals surface area contributed by atoms with Crippen molar-refractivity contribution in [2.24, 2.45) is 4.99 Å². The average Bonchev–Trinajstić information content (AvgIpc) is 2.88. The smallest absolute Gasteiger partial charge is 0.0771 e. The molecule has 0 aliphatic heterocycles. The van der Waals surface area contributed by atoms with Crippen molar-refractivity contribution < 1.29 is 0 Å². The van der Waals surface area contributed by atoms with Crippen LogP contribution in [0.1, 0.15) is 11.3 Å². The van der Waals surface area contributed by atoms with Gasteiger partial charge in [-0.25, -0.2) is 0 Å². The van der Waals surface area contributed by atoms with E-state index in [0.29, 0.717) is 0 Å². The Hall–Kier alpha value is -2.13. The van der Waals surface area contributed by atoms with Crippen LogP contribution in [0, 0.1) is 6.92 Å². The molecule has 0 radical (unpaired) electrons. The van der Waals surface area contributed by atoms with E-state index >= 15 is 0 Å². The van der Waals surface area contributed by atoms with Gasteiger partial charge in [0.2, 0.25) is 0 Å². The minimum absolute atomic E-state index is 0.933. The first-order valence-corrected chi connectivity index (χ1v) is 7.56. The lowest BCUT2D eigenvalue weighted by Crippen LogP contribution is -1.93. The van der Waals surface area contributed by atoms with Crippen molar-refractivity contribution in [1.29, 1.82) is 0 Å². The molecule has 2 aromatic carbocycles. The number of aromatic nitrogens is 1. The second-order valence-corrected chi connectivity index (χ2v) is 5.68. The van der Waals surface area contributed by atoms with E-state index in [1.807, 2.05) is 48.7 Å². The number of halogens is 1. The molecule has 0 fully saturated rings. The van der Waals surface area contributed by atoms with Crippen molar-refractivity contribution in [2.45, 2.75) is 6.92 Å². The first kappa shape index (κ1) is 13.8. The largest absolute Gasteiger partial charge is 0.321 e. The summed E-state index contributed by atoms with van der Waals surface area (Å²) in [6.45, 7) is 2.10. The fourth-order valence-corrected chi connectivity index (χ4v) is 2.62. The quantitative estimate of drug-likeness (QED) is 0.576. The summed E-state index contributed by atoms with van der Waals surface area (Å²) >= 11 is 3.51. The molecule has 0 aliphatic rings. The SMILES string of the molecule is Cc1cc(C=Nc2ccccc2Br)cn1-c1ccccc1. The first-order valence-electron chi connectivity index (χ1n) is 6.77. The zero-order chi connectivity index (χ0) is 14.7. The van der Waals surface area contributed by atoms with E-state index in [-0.39, 0.29) is 0 Å². The van der Waals surface area contributed by atoms with Crippen LogP contribution >= 0.6 is 15.9 Å². The standard InChI is InChI=1S/C18H15BrN2/c1-14-11-15(12-20-18-10-6-5-9-17(18)19)13-21(14)16-7-3-2-4-8-16/h2-13H,1H3. The molecule has 0 unspecified atom stereocenters. The highest BCUT2D eigenvalue weighted by molar-refractivity contribution is 9.10. The minimum Gasteiger partial charge on any atom is -0.321 e. The fraction of sp³-hybridized carbons (Fsp3) is 0.0556. The monoisotopic (exact) mass is 338 g/mol. The molecule has 1 heterocycles. The maximum atomic E-state index is 4.54. The Morgan fingerprint density at radius 2 is 1.71 bits per heavy atom. The van der Waals surface area contributed by atoms with Crippen molar-refractivity contribution in [3.63, 3.8) is 0 Å². The van der Waals surface area contributed by atoms with E-state index in [0.717, 1.165) is 21.4 Å². The lowest BCUT2D eigenvalue weighted by molar-refractivity contribution is 1.02. The maximum absolute atomic E-state index is 4.54. The summed E-state index contributed by atoms with van der Waals surface area (Å²) in [5.74, 6) is 0. The number of para-hydroxylation sites is 2. The Bertz CT molecular complexity index is 773. The number of benzene rings is 2. The van der Waals surface area contributed by atoms with Crippen molar-refractivity contribution in [3.05, 3.63) is 82.6 Å². The molecule has 0 saturated carbocycles. The Morgan fingerprint density at radius 1 is 1.00 bits per heavy atom. The van der Waals surface area contributed by atoms with Crippen LogP contribution in [0.3, 0.4) is 0 Å². The van der Waals surface area contributed by atoms with Crippen LogP contribution in [-0.2, 0) is 0 Å². The van der Waals surface area contributed by atoms with Gasteiger partial charge in [0, 0.05) is 33.8 Å². The molecule has 0 amide bonds. The summed E-state index contributed by atoms with van der Waals surface area (Å²) in [6, 6.07) is 20.4. The van der Waals surface area contributed by atoms with Gasteiger partial charge in [-0.1, -0.05) is 30.3 Å². The maximum Gasteiger partial charge on any atom is 0.0771 e. The van der Waals surface area contributed by atoms with Crippen molar-refractivity contribution in [3.8, 4) is 5.69 Å². The zero-order valence-corrected chi connectivity index (χ0v) is 13.3. The van der Waals surface area contributed by atoms with Gasteiger partial charge in [0.05, 0.1) is 5.69 Å². The summed E-state index contributed by atoms with van der Waals surface area (Å²) in [4.78, 5) is 4.54. The van der Waals surface area contributed by atoms with Crippen LogP contribution in [0.4, 0.5) is 5.69 Å². The summed E-state index contributed by atoms with van der Waals surface area (Å²) in [5, 5.41) is 0. The molecule has 0 saturated heterocycles. The van der Waals surface area contributed by atoms with Gasteiger partial charge in [-0.05, 0) is 53.2 Å². The molecule has 3 rings (SSSR count). The number of rotatable bonds is 3. The second-order valence-electron chi connectivity index (χ2n) is 4.83. The number of aryl methyl sites for hydroxylation is 1. The summed E-state index contributed by atoms with van der Waals surface area (Å²) in [7, 11) is 0. The highest BCUT2D eigenvalue weighted by atomic mass is 79.9. The predicted octanol–water partition coefficient (Wildman–Crippen LogP) is 5.30. The third-order valence-corrected chi connectivity index (χ3v) is 3.94. The van der Waals surface area contributed by atoms with Crippen LogP contribution in [0.15, 0.2) is 76.3 Å². The molecular formula is C18H15BrN2. The molecule has 104 valence electrons. The second kappa shape index (κ2) is 6.10. The Balaban J connectivity index is 1.90. The van der Waals surface area contributed by atoms with Gasteiger partial charge in [-0.2, -0.15) is 0 Å². The summed E-state index contributed by atoms with van der Waals surface area (Å²) < 4.78 is 3.17.